The van der Waals surface area contributed by atoms with E-state index in [9.17, 15) is 18.3 Å². The molecule has 1 heterocycles. The fourth-order valence-corrected chi connectivity index (χ4v) is 1.93. The largest absolute Gasteiger partial charge is 0.416 e. The fraction of sp³-hybridized carbons (Fsp3) is 0.333. The number of hydrogen-bond acceptors (Lipinski definition) is 1. The van der Waals surface area contributed by atoms with Gasteiger partial charge < -0.3 is 9.67 Å². The molecular weight excluding hydrogens is 231 g/mol. The Morgan fingerprint density at radius 2 is 1.94 bits per heavy atom. The van der Waals surface area contributed by atoms with Gasteiger partial charge in [-0.15, -0.1) is 0 Å². The van der Waals surface area contributed by atoms with E-state index >= 15 is 0 Å². The minimum absolute atomic E-state index is 0.442. The van der Waals surface area contributed by atoms with Gasteiger partial charge in [-0.05, 0) is 25.1 Å². The summed E-state index contributed by atoms with van der Waals surface area (Å²) in [4.78, 5) is 0. The standard InChI is InChI=1S/C12H12F3NO/c1-7(17)10-6-16(2)11-4-3-8(5-9(10)11)12(13,14)15/h3-7,17H,1-2H3. The van der Waals surface area contributed by atoms with Crippen LogP contribution in [0.3, 0.4) is 0 Å². The number of aromatic nitrogens is 1. The molecule has 1 N–H and O–H groups in total. The lowest BCUT2D eigenvalue weighted by atomic mass is 10.1. The highest BCUT2D eigenvalue weighted by atomic mass is 19.4. The predicted octanol–water partition coefficient (Wildman–Crippen LogP) is 3.25. The Bertz CT molecular complexity index is 555. The van der Waals surface area contributed by atoms with Crippen LogP contribution >= 0.6 is 0 Å². The summed E-state index contributed by atoms with van der Waals surface area (Å²) in [7, 11) is 1.74. The number of nitrogens with zero attached hydrogens (tertiary/aromatic N) is 1. The van der Waals surface area contributed by atoms with Crippen LogP contribution in [0.5, 0.6) is 0 Å². The number of fused-ring (bicyclic) bond motifs is 1. The smallest absolute Gasteiger partial charge is 0.389 e. The van der Waals surface area contributed by atoms with E-state index in [4.69, 9.17) is 0 Å². The fourth-order valence-electron chi connectivity index (χ4n) is 1.93. The van der Waals surface area contributed by atoms with Gasteiger partial charge in [0.05, 0.1) is 11.7 Å². The van der Waals surface area contributed by atoms with Gasteiger partial charge in [0.2, 0.25) is 0 Å². The Morgan fingerprint density at radius 1 is 1.29 bits per heavy atom. The van der Waals surface area contributed by atoms with E-state index in [0.717, 1.165) is 12.1 Å². The van der Waals surface area contributed by atoms with Crippen LogP contribution in [0.25, 0.3) is 10.9 Å². The van der Waals surface area contributed by atoms with Crippen LogP contribution < -0.4 is 0 Å². The molecular formula is C12H12F3NO. The van der Waals surface area contributed by atoms with Gasteiger partial charge in [-0.1, -0.05) is 0 Å². The molecule has 0 bridgehead atoms. The summed E-state index contributed by atoms with van der Waals surface area (Å²) in [5.41, 5.74) is 0.487. The molecule has 0 aliphatic carbocycles. The summed E-state index contributed by atoms with van der Waals surface area (Å²) in [6.45, 7) is 1.54. The first kappa shape index (κ1) is 12.0. The summed E-state index contributed by atoms with van der Waals surface area (Å²) in [6.07, 6.45) is -3.50. The molecule has 0 radical (unpaired) electrons. The predicted molar refractivity (Wildman–Crippen MR) is 58.6 cm³/mol. The molecule has 17 heavy (non-hydrogen) atoms. The van der Waals surface area contributed by atoms with Crippen molar-refractivity contribution in [2.45, 2.75) is 19.2 Å². The zero-order valence-electron chi connectivity index (χ0n) is 9.42. The molecule has 2 aromatic rings. The van der Waals surface area contributed by atoms with Crippen molar-refractivity contribution >= 4 is 10.9 Å². The molecule has 92 valence electrons. The van der Waals surface area contributed by atoms with Gasteiger partial charge in [-0.2, -0.15) is 13.2 Å². The molecule has 0 saturated carbocycles. The number of aliphatic hydroxyl groups excluding tert-OH is 1. The second-order valence-corrected chi connectivity index (χ2v) is 4.10. The number of benzene rings is 1. The first-order chi connectivity index (χ1) is 7.80. The molecule has 1 aromatic carbocycles. The number of halogens is 3. The molecule has 0 fully saturated rings. The van der Waals surface area contributed by atoms with Gasteiger partial charge in [0.1, 0.15) is 0 Å². The molecule has 5 heteroatoms. The van der Waals surface area contributed by atoms with Crippen LogP contribution in [-0.2, 0) is 13.2 Å². The molecule has 0 amide bonds. The highest BCUT2D eigenvalue weighted by molar-refractivity contribution is 5.85. The Balaban J connectivity index is 2.71. The highest BCUT2D eigenvalue weighted by Gasteiger charge is 2.31. The van der Waals surface area contributed by atoms with Gasteiger partial charge in [-0.3, -0.25) is 0 Å². The number of alkyl halides is 3. The van der Waals surface area contributed by atoms with Crippen LogP contribution in [0.15, 0.2) is 24.4 Å². The SMILES string of the molecule is CC(O)c1cn(C)c2ccc(C(F)(F)F)cc12. The first-order valence-corrected chi connectivity index (χ1v) is 5.15. The maximum absolute atomic E-state index is 12.6. The van der Waals surface area contributed by atoms with Crippen LogP contribution in [-0.4, -0.2) is 9.67 Å². The van der Waals surface area contributed by atoms with E-state index in [2.05, 4.69) is 0 Å². The second-order valence-electron chi connectivity index (χ2n) is 4.10. The number of rotatable bonds is 1. The van der Waals surface area contributed by atoms with E-state index in [-0.39, 0.29) is 0 Å². The minimum Gasteiger partial charge on any atom is -0.389 e. The topological polar surface area (TPSA) is 25.2 Å². The van der Waals surface area contributed by atoms with E-state index < -0.39 is 17.8 Å². The monoisotopic (exact) mass is 243 g/mol. The molecule has 1 unspecified atom stereocenters. The zero-order chi connectivity index (χ0) is 12.8. The van der Waals surface area contributed by atoms with Gasteiger partial charge in [0.15, 0.2) is 0 Å². The molecule has 0 spiro atoms. The Hall–Kier alpha value is -1.49. The van der Waals surface area contributed by atoms with Crippen molar-refractivity contribution in [2.24, 2.45) is 7.05 Å². The highest BCUT2D eigenvalue weighted by Crippen LogP contribution is 2.34. The molecule has 0 aliphatic rings. The molecule has 1 aromatic heterocycles. The lowest BCUT2D eigenvalue weighted by Crippen LogP contribution is -2.04. The Kier molecular flexibility index (Phi) is 2.66. The van der Waals surface area contributed by atoms with E-state index in [1.54, 1.807) is 17.8 Å². The van der Waals surface area contributed by atoms with Crippen molar-refractivity contribution in [1.29, 1.82) is 0 Å². The van der Waals surface area contributed by atoms with Crippen LogP contribution in [0.2, 0.25) is 0 Å². The van der Waals surface area contributed by atoms with Crippen LogP contribution in [0.4, 0.5) is 13.2 Å². The lowest BCUT2D eigenvalue weighted by Gasteiger charge is -2.08. The second kappa shape index (κ2) is 3.77. The zero-order valence-corrected chi connectivity index (χ0v) is 9.42. The maximum Gasteiger partial charge on any atom is 0.416 e. The van der Waals surface area contributed by atoms with E-state index in [1.807, 2.05) is 0 Å². The molecule has 2 rings (SSSR count). The van der Waals surface area contributed by atoms with Crippen molar-refractivity contribution in [3.8, 4) is 0 Å². The van der Waals surface area contributed by atoms with Gasteiger partial charge in [0.25, 0.3) is 0 Å². The van der Waals surface area contributed by atoms with Gasteiger partial charge in [-0.25, -0.2) is 0 Å². The van der Waals surface area contributed by atoms with E-state index in [1.165, 1.54) is 13.0 Å². The van der Waals surface area contributed by atoms with Gasteiger partial charge in [0, 0.05) is 29.7 Å². The Labute approximate surface area is 96.3 Å². The maximum atomic E-state index is 12.6. The summed E-state index contributed by atoms with van der Waals surface area (Å²) in [5.74, 6) is 0. The summed E-state index contributed by atoms with van der Waals surface area (Å²) in [6, 6.07) is 3.55. The number of aliphatic hydroxyl groups is 1. The van der Waals surface area contributed by atoms with Crippen LogP contribution in [0, 0.1) is 0 Å². The van der Waals surface area contributed by atoms with Gasteiger partial charge >= 0.3 is 6.18 Å². The molecule has 2 nitrogen and oxygen atoms in total. The molecule has 0 aliphatic heterocycles. The van der Waals surface area contributed by atoms with Crippen molar-refractivity contribution < 1.29 is 18.3 Å². The summed E-state index contributed by atoms with van der Waals surface area (Å²) >= 11 is 0. The van der Waals surface area contributed by atoms with Crippen molar-refractivity contribution in [3.63, 3.8) is 0 Å². The average Bonchev–Trinajstić information content (AvgIpc) is 2.54. The Morgan fingerprint density at radius 3 is 2.47 bits per heavy atom. The van der Waals surface area contributed by atoms with E-state index in [0.29, 0.717) is 16.5 Å². The summed E-state index contributed by atoms with van der Waals surface area (Å²) in [5, 5.41) is 9.98. The normalized spacial score (nSPS) is 14.2. The van der Waals surface area contributed by atoms with Crippen LogP contribution in [0.1, 0.15) is 24.2 Å². The molecule has 1 atom stereocenters. The third-order valence-corrected chi connectivity index (χ3v) is 2.80. The summed E-state index contributed by atoms with van der Waals surface area (Å²) < 4.78 is 39.5. The number of aryl methyl sites for hydroxylation is 1. The van der Waals surface area contributed by atoms with Crippen molar-refractivity contribution in [1.82, 2.24) is 4.57 Å². The third-order valence-electron chi connectivity index (χ3n) is 2.80. The average molecular weight is 243 g/mol. The van der Waals surface area contributed by atoms with Crippen molar-refractivity contribution in [2.75, 3.05) is 0 Å². The number of hydrogen-bond donors (Lipinski definition) is 1. The quantitative estimate of drug-likeness (QED) is 0.817. The minimum atomic E-state index is -4.36. The molecule has 0 saturated heterocycles. The van der Waals surface area contributed by atoms with Crippen molar-refractivity contribution in [3.05, 3.63) is 35.5 Å². The first-order valence-electron chi connectivity index (χ1n) is 5.15. The lowest BCUT2D eigenvalue weighted by molar-refractivity contribution is -0.137. The third kappa shape index (κ3) is 2.02.